The van der Waals surface area contributed by atoms with Gasteiger partial charge in [-0.2, -0.15) is 11.3 Å². The summed E-state index contributed by atoms with van der Waals surface area (Å²) in [5, 5.41) is 13.5. The zero-order chi connectivity index (χ0) is 14.6. The number of aliphatic hydroxyl groups is 1. The molecule has 5 nitrogen and oxygen atoms in total. The number of nitrogens with one attached hydrogen (secondary N) is 1. The van der Waals surface area contributed by atoms with Crippen LogP contribution in [0.2, 0.25) is 0 Å². The number of hydrogen-bond donors (Lipinski definition) is 2. The normalized spacial score (nSPS) is 13.1. The van der Waals surface area contributed by atoms with Gasteiger partial charge in [0.25, 0.3) is 0 Å². The van der Waals surface area contributed by atoms with Gasteiger partial charge in [-0.3, -0.25) is 0 Å². The van der Waals surface area contributed by atoms with Crippen molar-refractivity contribution in [1.29, 1.82) is 0 Å². The molecule has 0 aliphatic heterocycles. The standard InChI is InChI=1S/C13H15NO4S2/c1-18-11-2-4-12(5-3-11)20(16,17)14-8-13(15)10-6-7-19-9-10/h2-7,9,13-15H,8H2,1H3. The van der Waals surface area contributed by atoms with Crippen molar-refractivity contribution in [2.75, 3.05) is 13.7 Å². The molecule has 2 N–H and O–H groups in total. The van der Waals surface area contributed by atoms with E-state index in [1.165, 1.54) is 30.6 Å². The summed E-state index contributed by atoms with van der Waals surface area (Å²) >= 11 is 1.45. The molecular formula is C13H15NO4S2. The van der Waals surface area contributed by atoms with E-state index in [-0.39, 0.29) is 11.4 Å². The van der Waals surface area contributed by atoms with Gasteiger partial charge in [0.05, 0.1) is 18.1 Å². The van der Waals surface area contributed by atoms with Gasteiger partial charge in [0.1, 0.15) is 5.75 Å². The molecule has 0 saturated heterocycles. The van der Waals surface area contributed by atoms with Gasteiger partial charge in [0.2, 0.25) is 10.0 Å². The largest absolute Gasteiger partial charge is 0.497 e. The fourth-order valence-electron chi connectivity index (χ4n) is 1.61. The monoisotopic (exact) mass is 313 g/mol. The zero-order valence-corrected chi connectivity index (χ0v) is 12.4. The number of ether oxygens (including phenoxy) is 1. The molecule has 20 heavy (non-hydrogen) atoms. The first-order valence-corrected chi connectivity index (χ1v) is 8.29. The lowest BCUT2D eigenvalue weighted by molar-refractivity contribution is 0.182. The number of hydrogen-bond acceptors (Lipinski definition) is 5. The second kappa shape index (κ2) is 6.36. The molecule has 0 saturated carbocycles. The van der Waals surface area contributed by atoms with Crippen LogP contribution in [0.15, 0.2) is 46.0 Å². The minimum Gasteiger partial charge on any atom is -0.497 e. The highest BCUT2D eigenvalue weighted by Gasteiger charge is 2.16. The molecule has 1 heterocycles. The summed E-state index contributed by atoms with van der Waals surface area (Å²) in [6.07, 6.45) is -0.853. The Morgan fingerprint density at radius 2 is 2.00 bits per heavy atom. The second-order valence-electron chi connectivity index (χ2n) is 4.10. The smallest absolute Gasteiger partial charge is 0.240 e. The van der Waals surface area contributed by atoms with E-state index in [0.29, 0.717) is 11.3 Å². The van der Waals surface area contributed by atoms with Crippen molar-refractivity contribution in [3.8, 4) is 5.75 Å². The molecular weight excluding hydrogens is 298 g/mol. The van der Waals surface area contributed by atoms with Crippen LogP contribution in [0, 0.1) is 0 Å². The molecule has 0 aliphatic carbocycles. The van der Waals surface area contributed by atoms with Crippen LogP contribution in [-0.2, 0) is 10.0 Å². The van der Waals surface area contributed by atoms with Gasteiger partial charge in [0, 0.05) is 6.54 Å². The van der Waals surface area contributed by atoms with Gasteiger partial charge in [-0.15, -0.1) is 0 Å². The number of aliphatic hydroxyl groups excluding tert-OH is 1. The van der Waals surface area contributed by atoms with E-state index in [2.05, 4.69) is 4.72 Å². The zero-order valence-electron chi connectivity index (χ0n) is 10.8. The molecule has 108 valence electrons. The van der Waals surface area contributed by atoms with E-state index in [0.717, 1.165) is 0 Å². The van der Waals surface area contributed by atoms with E-state index in [1.807, 2.05) is 5.38 Å². The van der Waals surface area contributed by atoms with Crippen molar-refractivity contribution < 1.29 is 18.3 Å². The van der Waals surface area contributed by atoms with Crippen LogP contribution in [-0.4, -0.2) is 27.2 Å². The first kappa shape index (κ1) is 15.0. The van der Waals surface area contributed by atoms with Gasteiger partial charge < -0.3 is 9.84 Å². The first-order valence-electron chi connectivity index (χ1n) is 5.87. The van der Waals surface area contributed by atoms with Crippen LogP contribution in [0.3, 0.4) is 0 Å². The van der Waals surface area contributed by atoms with Crippen LogP contribution in [0.25, 0.3) is 0 Å². The Morgan fingerprint density at radius 1 is 1.30 bits per heavy atom. The summed E-state index contributed by atoms with van der Waals surface area (Å²) in [5.74, 6) is 0.585. The third-order valence-electron chi connectivity index (χ3n) is 2.76. The third kappa shape index (κ3) is 3.57. The van der Waals surface area contributed by atoms with E-state index in [4.69, 9.17) is 4.74 Å². The molecule has 1 unspecified atom stereocenters. The van der Waals surface area contributed by atoms with Gasteiger partial charge in [-0.25, -0.2) is 13.1 Å². The molecule has 0 radical (unpaired) electrons. The van der Waals surface area contributed by atoms with Crippen molar-refractivity contribution in [3.05, 3.63) is 46.7 Å². The fraction of sp³-hybridized carbons (Fsp3) is 0.231. The van der Waals surface area contributed by atoms with E-state index >= 15 is 0 Å². The van der Waals surface area contributed by atoms with Crippen molar-refractivity contribution >= 4 is 21.4 Å². The number of thiophene rings is 1. The molecule has 0 fully saturated rings. The van der Waals surface area contributed by atoms with Crippen molar-refractivity contribution in [1.82, 2.24) is 4.72 Å². The molecule has 0 bridgehead atoms. The SMILES string of the molecule is COc1ccc(S(=O)(=O)NCC(O)c2ccsc2)cc1. The van der Waals surface area contributed by atoms with Crippen LogP contribution in [0.1, 0.15) is 11.7 Å². The Kier molecular flexibility index (Phi) is 4.77. The number of sulfonamides is 1. The quantitative estimate of drug-likeness (QED) is 0.852. The Balaban J connectivity index is 2.03. The molecule has 0 aliphatic rings. The fourth-order valence-corrected chi connectivity index (χ4v) is 3.35. The van der Waals surface area contributed by atoms with Crippen LogP contribution >= 0.6 is 11.3 Å². The van der Waals surface area contributed by atoms with Gasteiger partial charge >= 0.3 is 0 Å². The van der Waals surface area contributed by atoms with E-state index < -0.39 is 16.1 Å². The van der Waals surface area contributed by atoms with Gasteiger partial charge in [-0.05, 0) is 46.7 Å². The Hall–Kier alpha value is -1.41. The maximum atomic E-state index is 12.0. The summed E-state index contributed by atoms with van der Waals surface area (Å²) in [7, 11) is -2.12. The van der Waals surface area contributed by atoms with E-state index in [1.54, 1.807) is 23.6 Å². The molecule has 1 aromatic carbocycles. The third-order valence-corrected chi connectivity index (χ3v) is 4.91. The van der Waals surface area contributed by atoms with Crippen molar-refractivity contribution in [2.45, 2.75) is 11.0 Å². The minimum atomic E-state index is -3.63. The average molecular weight is 313 g/mol. The van der Waals surface area contributed by atoms with Crippen molar-refractivity contribution in [3.63, 3.8) is 0 Å². The first-order chi connectivity index (χ1) is 9.53. The molecule has 2 aromatic rings. The van der Waals surface area contributed by atoms with Crippen LogP contribution in [0.4, 0.5) is 0 Å². The van der Waals surface area contributed by atoms with Gasteiger partial charge in [0.15, 0.2) is 0 Å². The number of methoxy groups -OCH3 is 1. The summed E-state index contributed by atoms with van der Waals surface area (Å²) < 4.78 is 31.5. The Labute approximate surface area is 121 Å². The molecule has 1 atom stereocenters. The van der Waals surface area contributed by atoms with Crippen LogP contribution in [0.5, 0.6) is 5.75 Å². The topological polar surface area (TPSA) is 75.6 Å². The summed E-state index contributed by atoms with van der Waals surface area (Å²) in [6, 6.07) is 7.82. The molecule has 2 rings (SSSR count). The van der Waals surface area contributed by atoms with Crippen molar-refractivity contribution in [2.24, 2.45) is 0 Å². The summed E-state index contributed by atoms with van der Waals surface area (Å²) in [4.78, 5) is 0.135. The molecule has 7 heteroatoms. The molecule has 1 aromatic heterocycles. The molecule has 0 spiro atoms. The predicted molar refractivity (Wildman–Crippen MR) is 77.5 cm³/mol. The predicted octanol–water partition coefficient (Wildman–Crippen LogP) is 1.77. The number of benzene rings is 1. The highest BCUT2D eigenvalue weighted by atomic mass is 32.2. The average Bonchev–Trinajstić information content (AvgIpc) is 2.99. The highest BCUT2D eigenvalue weighted by molar-refractivity contribution is 7.89. The number of rotatable bonds is 6. The maximum Gasteiger partial charge on any atom is 0.240 e. The lowest BCUT2D eigenvalue weighted by Gasteiger charge is -2.11. The van der Waals surface area contributed by atoms with Crippen LogP contribution < -0.4 is 9.46 Å². The summed E-state index contributed by atoms with van der Waals surface area (Å²) in [5.41, 5.74) is 0.701. The lowest BCUT2D eigenvalue weighted by atomic mass is 10.2. The second-order valence-corrected chi connectivity index (χ2v) is 6.65. The maximum absolute atomic E-state index is 12.0. The lowest BCUT2D eigenvalue weighted by Crippen LogP contribution is -2.28. The summed E-state index contributed by atoms with van der Waals surface area (Å²) in [6.45, 7) is -0.0644. The highest BCUT2D eigenvalue weighted by Crippen LogP contribution is 2.18. The van der Waals surface area contributed by atoms with Gasteiger partial charge in [-0.1, -0.05) is 0 Å². The Morgan fingerprint density at radius 3 is 2.55 bits per heavy atom. The molecule has 0 amide bonds. The minimum absolute atomic E-state index is 0.0644. The Bertz CT molecular complexity index is 636. The van der Waals surface area contributed by atoms with E-state index in [9.17, 15) is 13.5 Å².